The summed E-state index contributed by atoms with van der Waals surface area (Å²) in [5.74, 6) is 0. The van der Waals surface area contributed by atoms with Gasteiger partial charge in [0.1, 0.15) is 0 Å². The van der Waals surface area contributed by atoms with Gasteiger partial charge in [-0.05, 0) is 53.4 Å². The fraction of sp³-hybridized carbons (Fsp3) is 0.286. The van der Waals surface area contributed by atoms with Crippen LogP contribution in [-0.4, -0.2) is 0 Å². The Kier molecular flexibility index (Phi) is 5.01. The fourth-order valence-electron chi connectivity index (χ4n) is 1.79. The zero-order chi connectivity index (χ0) is 13.1. The highest BCUT2D eigenvalue weighted by Gasteiger charge is 2.09. The molecular formula is C14H15Br2NS. The molecule has 2 aromatic rings. The quantitative estimate of drug-likeness (QED) is 0.735. The van der Waals surface area contributed by atoms with Crippen LogP contribution in [0.3, 0.4) is 0 Å². The molecular weight excluding hydrogens is 374 g/mol. The predicted octanol–water partition coefficient (Wildman–Crippen LogP) is 5.43. The molecule has 0 radical (unpaired) electrons. The Morgan fingerprint density at radius 2 is 2.06 bits per heavy atom. The molecule has 0 saturated heterocycles. The first-order valence-electron chi connectivity index (χ1n) is 5.78. The third-order valence-corrected chi connectivity index (χ3v) is 5.08. The Bertz CT molecular complexity index is 536. The van der Waals surface area contributed by atoms with Crippen LogP contribution < -0.4 is 5.32 Å². The predicted molar refractivity (Wildman–Crippen MR) is 86.2 cm³/mol. The van der Waals surface area contributed by atoms with E-state index in [1.54, 1.807) is 11.3 Å². The van der Waals surface area contributed by atoms with Gasteiger partial charge in [-0.3, -0.25) is 0 Å². The summed E-state index contributed by atoms with van der Waals surface area (Å²) in [5.41, 5.74) is 4.04. The van der Waals surface area contributed by atoms with Gasteiger partial charge < -0.3 is 5.32 Å². The molecule has 18 heavy (non-hydrogen) atoms. The van der Waals surface area contributed by atoms with Crippen molar-refractivity contribution < 1.29 is 0 Å². The van der Waals surface area contributed by atoms with Crippen molar-refractivity contribution >= 4 is 43.2 Å². The lowest BCUT2D eigenvalue weighted by atomic mass is 10.1. The summed E-state index contributed by atoms with van der Waals surface area (Å²) in [4.78, 5) is 0. The van der Waals surface area contributed by atoms with E-state index in [0.29, 0.717) is 6.04 Å². The molecule has 0 saturated carbocycles. The Labute approximate surface area is 129 Å². The van der Waals surface area contributed by atoms with E-state index in [0.717, 1.165) is 15.5 Å². The van der Waals surface area contributed by atoms with Crippen LogP contribution in [0.4, 0.5) is 0 Å². The third-order valence-electron chi connectivity index (χ3n) is 2.99. The number of thiophene rings is 1. The number of benzene rings is 1. The van der Waals surface area contributed by atoms with Gasteiger partial charge in [-0.25, -0.2) is 0 Å². The van der Waals surface area contributed by atoms with Gasteiger partial charge in [-0.1, -0.05) is 37.9 Å². The molecule has 1 aromatic heterocycles. The monoisotopic (exact) mass is 387 g/mol. The Balaban J connectivity index is 2.03. The van der Waals surface area contributed by atoms with E-state index in [1.165, 1.54) is 16.7 Å². The maximum Gasteiger partial charge on any atom is 0.0306 e. The molecule has 0 aliphatic carbocycles. The number of rotatable bonds is 4. The summed E-state index contributed by atoms with van der Waals surface area (Å²) in [6.07, 6.45) is 0. The van der Waals surface area contributed by atoms with Crippen LogP contribution in [0.5, 0.6) is 0 Å². The molecule has 2 rings (SSSR count). The maximum absolute atomic E-state index is 3.61. The van der Waals surface area contributed by atoms with Crippen LogP contribution in [0.1, 0.15) is 29.7 Å². The van der Waals surface area contributed by atoms with Crippen molar-refractivity contribution in [1.82, 2.24) is 5.32 Å². The molecule has 1 N–H and O–H groups in total. The lowest BCUT2D eigenvalue weighted by Gasteiger charge is -2.16. The first kappa shape index (κ1) is 14.3. The average molecular weight is 389 g/mol. The van der Waals surface area contributed by atoms with Crippen LogP contribution in [-0.2, 0) is 6.54 Å². The molecule has 0 fully saturated rings. The molecule has 1 unspecified atom stereocenters. The van der Waals surface area contributed by atoms with Crippen molar-refractivity contribution in [2.45, 2.75) is 26.4 Å². The fourth-order valence-corrected chi connectivity index (χ4v) is 4.04. The summed E-state index contributed by atoms with van der Waals surface area (Å²) >= 11 is 8.85. The summed E-state index contributed by atoms with van der Waals surface area (Å²) < 4.78 is 2.23. The minimum absolute atomic E-state index is 0.326. The molecule has 0 bridgehead atoms. The largest absolute Gasteiger partial charge is 0.306 e. The smallest absolute Gasteiger partial charge is 0.0306 e. The molecule has 96 valence electrons. The molecule has 0 aliphatic heterocycles. The number of hydrogen-bond donors (Lipinski definition) is 1. The minimum atomic E-state index is 0.326. The highest BCUT2D eigenvalue weighted by atomic mass is 79.9. The van der Waals surface area contributed by atoms with Gasteiger partial charge >= 0.3 is 0 Å². The van der Waals surface area contributed by atoms with E-state index in [-0.39, 0.29) is 0 Å². The van der Waals surface area contributed by atoms with Crippen LogP contribution in [0.25, 0.3) is 0 Å². The van der Waals surface area contributed by atoms with Gasteiger partial charge in [0.2, 0.25) is 0 Å². The highest BCUT2D eigenvalue weighted by Crippen LogP contribution is 2.27. The van der Waals surface area contributed by atoms with Gasteiger partial charge in [-0.2, -0.15) is 11.3 Å². The molecule has 1 heterocycles. The van der Waals surface area contributed by atoms with Crippen molar-refractivity contribution in [2.24, 2.45) is 0 Å². The molecule has 1 nitrogen and oxygen atoms in total. The van der Waals surface area contributed by atoms with Crippen LogP contribution in [0, 0.1) is 6.92 Å². The van der Waals surface area contributed by atoms with E-state index in [2.05, 4.69) is 80.0 Å². The summed E-state index contributed by atoms with van der Waals surface area (Å²) in [6.45, 7) is 5.27. The lowest BCUT2D eigenvalue weighted by Crippen LogP contribution is -2.18. The van der Waals surface area contributed by atoms with Crippen molar-refractivity contribution in [2.75, 3.05) is 0 Å². The van der Waals surface area contributed by atoms with Crippen LogP contribution >= 0.6 is 43.2 Å². The van der Waals surface area contributed by atoms with Crippen LogP contribution in [0.15, 0.2) is 37.9 Å². The first-order valence-corrected chi connectivity index (χ1v) is 8.31. The summed E-state index contributed by atoms with van der Waals surface area (Å²) in [6, 6.07) is 6.64. The number of aryl methyl sites for hydroxylation is 1. The SMILES string of the molecule is Cc1cscc1CNC(C)c1ccc(Br)cc1Br. The minimum Gasteiger partial charge on any atom is -0.306 e. The van der Waals surface area contributed by atoms with E-state index in [1.807, 2.05) is 0 Å². The zero-order valence-corrected chi connectivity index (χ0v) is 14.3. The van der Waals surface area contributed by atoms with Gasteiger partial charge in [0.15, 0.2) is 0 Å². The van der Waals surface area contributed by atoms with Crippen molar-refractivity contribution in [3.8, 4) is 0 Å². The molecule has 0 aliphatic rings. The van der Waals surface area contributed by atoms with E-state index in [4.69, 9.17) is 0 Å². The second-order valence-electron chi connectivity index (χ2n) is 4.35. The maximum atomic E-state index is 3.61. The molecule has 4 heteroatoms. The normalized spacial score (nSPS) is 12.7. The van der Waals surface area contributed by atoms with Gasteiger partial charge in [0.25, 0.3) is 0 Å². The molecule has 0 spiro atoms. The topological polar surface area (TPSA) is 12.0 Å². The second kappa shape index (κ2) is 6.33. The number of nitrogens with one attached hydrogen (secondary N) is 1. The molecule has 1 aromatic carbocycles. The van der Waals surface area contributed by atoms with Gasteiger partial charge in [0.05, 0.1) is 0 Å². The second-order valence-corrected chi connectivity index (χ2v) is 6.86. The van der Waals surface area contributed by atoms with Crippen molar-refractivity contribution in [3.63, 3.8) is 0 Å². The van der Waals surface area contributed by atoms with Crippen molar-refractivity contribution in [1.29, 1.82) is 0 Å². The highest BCUT2D eigenvalue weighted by molar-refractivity contribution is 9.11. The Morgan fingerprint density at radius 3 is 2.67 bits per heavy atom. The van der Waals surface area contributed by atoms with Gasteiger partial charge in [0, 0.05) is 21.5 Å². The van der Waals surface area contributed by atoms with E-state index in [9.17, 15) is 0 Å². The third kappa shape index (κ3) is 3.44. The Morgan fingerprint density at radius 1 is 1.28 bits per heavy atom. The van der Waals surface area contributed by atoms with E-state index >= 15 is 0 Å². The lowest BCUT2D eigenvalue weighted by molar-refractivity contribution is 0.572. The van der Waals surface area contributed by atoms with Crippen LogP contribution in [0.2, 0.25) is 0 Å². The standard InChI is InChI=1S/C14H15Br2NS/c1-9-7-18-8-11(9)6-17-10(2)13-4-3-12(15)5-14(13)16/h3-5,7-8,10,17H,6H2,1-2H3. The average Bonchev–Trinajstić information content (AvgIpc) is 2.72. The van der Waals surface area contributed by atoms with Crippen molar-refractivity contribution in [3.05, 3.63) is 54.6 Å². The molecule has 1 atom stereocenters. The van der Waals surface area contributed by atoms with Gasteiger partial charge in [-0.15, -0.1) is 0 Å². The number of hydrogen-bond acceptors (Lipinski definition) is 2. The zero-order valence-electron chi connectivity index (χ0n) is 10.3. The van der Waals surface area contributed by atoms with E-state index < -0.39 is 0 Å². The Hall–Kier alpha value is -0.160. The first-order chi connectivity index (χ1) is 8.58. The molecule has 0 amide bonds. The summed E-state index contributed by atoms with van der Waals surface area (Å²) in [7, 11) is 0. The number of halogens is 2. The summed E-state index contributed by atoms with van der Waals surface area (Å²) in [5, 5.41) is 7.97.